The summed E-state index contributed by atoms with van der Waals surface area (Å²) < 4.78 is 0. The fourth-order valence-electron chi connectivity index (χ4n) is 0.521. The molecule has 1 N–H and O–H groups in total. The van der Waals surface area contributed by atoms with Gasteiger partial charge in [-0.3, -0.25) is 10.1 Å². The van der Waals surface area contributed by atoms with Crippen molar-refractivity contribution in [1.29, 1.82) is 0 Å². The van der Waals surface area contributed by atoms with E-state index < -0.39 is 11.0 Å². The highest BCUT2D eigenvalue weighted by molar-refractivity contribution is 4.57. The van der Waals surface area contributed by atoms with Crippen molar-refractivity contribution in [2.24, 2.45) is 5.92 Å². The first-order valence-corrected chi connectivity index (χ1v) is 2.84. The molecule has 9 heavy (non-hydrogen) atoms. The Balaban J connectivity index is 3.83. The van der Waals surface area contributed by atoms with Gasteiger partial charge in [-0.1, -0.05) is 13.8 Å². The van der Waals surface area contributed by atoms with Crippen molar-refractivity contribution in [2.75, 3.05) is 6.61 Å². The average Bonchev–Trinajstić information content (AvgIpc) is 1.64. The fraction of sp³-hybridized carbons (Fsp3) is 1.00. The van der Waals surface area contributed by atoms with E-state index in [0.29, 0.717) is 0 Å². The van der Waals surface area contributed by atoms with Crippen molar-refractivity contribution >= 4 is 0 Å². The summed E-state index contributed by atoms with van der Waals surface area (Å²) in [6.45, 7) is 3.05. The molecule has 0 bridgehead atoms. The molecule has 1 atom stereocenters. The van der Waals surface area contributed by atoms with E-state index in [0.717, 1.165) is 0 Å². The first-order chi connectivity index (χ1) is 4.09. The molecular weight excluding hydrogens is 122 g/mol. The Morgan fingerprint density at radius 1 is 1.67 bits per heavy atom. The number of nitro groups is 1. The zero-order valence-electron chi connectivity index (χ0n) is 5.57. The van der Waals surface area contributed by atoms with Crippen LogP contribution in [0.15, 0.2) is 0 Å². The van der Waals surface area contributed by atoms with Crippen LogP contribution in [0.1, 0.15) is 13.8 Å². The van der Waals surface area contributed by atoms with Crippen LogP contribution >= 0.6 is 0 Å². The Labute approximate surface area is 53.6 Å². The lowest BCUT2D eigenvalue weighted by Crippen LogP contribution is -2.29. The standard InChI is InChI=1S/C5H11NO3/c1-4(2)5(3-7)6(8)9/h4-5,7H,3H2,1-2H3. The van der Waals surface area contributed by atoms with Crippen molar-refractivity contribution in [3.8, 4) is 0 Å². The molecule has 0 aliphatic carbocycles. The predicted molar refractivity (Wildman–Crippen MR) is 32.7 cm³/mol. The van der Waals surface area contributed by atoms with Gasteiger partial charge in [0.15, 0.2) is 0 Å². The van der Waals surface area contributed by atoms with Gasteiger partial charge in [-0.05, 0) is 0 Å². The van der Waals surface area contributed by atoms with Crippen LogP contribution < -0.4 is 0 Å². The smallest absolute Gasteiger partial charge is 0.238 e. The summed E-state index contributed by atoms with van der Waals surface area (Å²) in [6.07, 6.45) is 0. The third-order valence-corrected chi connectivity index (χ3v) is 1.23. The molecule has 4 nitrogen and oxygen atoms in total. The maximum absolute atomic E-state index is 10.0. The molecule has 54 valence electrons. The number of rotatable bonds is 3. The van der Waals surface area contributed by atoms with Crippen molar-refractivity contribution in [3.05, 3.63) is 10.1 Å². The predicted octanol–water partition coefficient (Wildman–Crippen LogP) is 0.280. The molecular formula is C5H11NO3. The molecule has 0 aromatic rings. The van der Waals surface area contributed by atoms with Gasteiger partial charge >= 0.3 is 0 Å². The van der Waals surface area contributed by atoms with Crippen LogP contribution in [0.3, 0.4) is 0 Å². The Kier molecular flexibility index (Phi) is 3.16. The molecule has 0 saturated heterocycles. The quantitative estimate of drug-likeness (QED) is 0.444. The van der Waals surface area contributed by atoms with E-state index in [4.69, 9.17) is 5.11 Å². The maximum atomic E-state index is 10.0. The lowest BCUT2D eigenvalue weighted by molar-refractivity contribution is -0.533. The van der Waals surface area contributed by atoms with E-state index in [-0.39, 0.29) is 12.5 Å². The third-order valence-electron chi connectivity index (χ3n) is 1.23. The zero-order valence-corrected chi connectivity index (χ0v) is 5.57. The van der Waals surface area contributed by atoms with Gasteiger partial charge in [-0.2, -0.15) is 0 Å². The molecule has 0 rings (SSSR count). The van der Waals surface area contributed by atoms with Crippen LogP contribution in [0, 0.1) is 16.0 Å². The molecule has 4 heteroatoms. The molecule has 0 spiro atoms. The molecule has 0 aromatic carbocycles. The SMILES string of the molecule is CC(C)C(CO)[N+](=O)[O-]. The molecule has 0 radical (unpaired) electrons. The summed E-state index contributed by atoms with van der Waals surface area (Å²) in [5.74, 6) is -0.0926. The second-order valence-electron chi connectivity index (χ2n) is 2.28. The molecule has 0 aliphatic rings. The summed E-state index contributed by atoms with van der Waals surface area (Å²) in [5, 5.41) is 18.4. The first-order valence-electron chi connectivity index (χ1n) is 2.84. The first kappa shape index (κ1) is 8.36. The highest BCUT2D eigenvalue weighted by Crippen LogP contribution is 2.03. The topological polar surface area (TPSA) is 63.4 Å². The van der Waals surface area contributed by atoms with Gasteiger partial charge in [0, 0.05) is 10.8 Å². The summed E-state index contributed by atoms with van der Waals surface area (Å²) in [4.78, 5) is 9.56. The van der Waals surface area contributed by atoms with Gasteiger partial charge in [-0.25, -0.2) is 0 Å². The van der Waals surface area contributed by atoms with Gasteiger partial charge in [0.2, 0.25) is 6.04 Å². The number of aliphatic hydroxyl groups is 1. The average molecular weight is 133 g/mol. The van der Waals surface area contributed by atoms with E-state index >= 15 is 0 Å². The number of nitrogens with zero attached hydrogens (tertiary/aromatic N) is 1. The summed E-state index contributed by atoms with van der Waals surface area (Å²) in [6, 6.07) is -0.801. The normalized spacial score (nSPS) is 13.8. The van der Waals surface area contributed by atoms with Crippen LogP contribution in [0.5, 0.6) is 0 Å². The van der Waals surface area contributed by atoms with Crippen LogP contribution in [0.2, 0.25) is 0 Å². The third kappa shape index (κ3) is 2.41. The zero-order chi connectivity index (χ0) is 7.44. The fourth-order valence-corrected chi connectivity index (χ4v) is 0.521. The lowest BCUT2D eigenvalue weighted by Gasteiger charge is -2.07. The highest BCUT2D eigenvalue weighted by atomic mass is 16.6. The lowest BCUT2D eigenvalue weighted by atomic mass is 10.1. The van der Waals surface area contributed by atoms with Crippen LogP contribution in [0.25, 0.3) is 0 Å². The molecule has 0 heterocycles. The monoisotopic (exact) mass is 133 g/mol. The largest absolute Gasteiger partial charge is 0.389 e. The van der Waals surface area contributed by atoms with Gasteiger partial charge in [0.05, 0.1) is 0 Å². The van der Waals surface area contributed by atoms with E-state index in [1.165, 1.54) is 0 Å². The van der Waals surface area contributed by atoms with Crippen LogP contribution in [-0.4, -0.2) is 22.7 Å². The molecule has 0 fully saturated rings. The minimum absolute atomic E-state index is 0.0926. The minimum Gasteiger partial charge on any atom is -0.389 e. The van der Waals surface area contributed by atoms with Crippen molar-refractivity contribution < 1.29 is 10.0 Å². The van der Waals surface area contributed by atoms with Crippen LogP contribution in [0.4, 0.5) is 0 Å². The highest BCUT2D eigenvalue weighted by Gasteiger charge is 2.22. The Bertz CT molecular complexity index is 102. The number of hydrogen-bond acceptors (Lipinski definition) is 3. The Hall–Kier alpha value is -0.640. The molecule has 1 unspecified atom stereocenters. The number of aliphatic hydroxyl groups excluding tert-OH is 1. The van der Waals surface area contributed by atoms with Gasteiger partial charge in [-0.15, -0.1) is 0 Å². The van der Waals surface area contributed by atoms with E-state index in [1.54, 1.807) is 13.8 Å². The summed E-state index contributed by atoms with van der Waals surface area (Å²) in [7, 11) is 0. The molecule has 0 aromatic heterocycles. The maximum Gasteiger partial charge on any atom is 0.238 e. The van der Waals surface area contributed by atoms with E-state index in [1.807, 2.05) is 0 Å². The second-order valence-corrected chi connectivity index (χ2v) is 2.28. The molecule has 0 aliphatic heterocycles. The molecule has 0 amide bonds. The van der Waals surface area contributed by atoms with E-state index in [9.17, 15) is 10.1 Å². The number of hydrogen-bond donors (Lipinski definition) is 1. The summed E-state index contributed by atoms with van der Waals surface area (Å²) in [5.41, 5.74) is 0. The second kappa shape index (κ2) is 3.40. The Morgan fingerprint density at radius 2 is 2.11 bits per heavy atom. The van der Waals surface area contributed by atoms with E-state index in [2.05, 4.69) is 0 Å². The molecule has 0 saturated carbocycles. The van der Waals surface area contributed by atoms with Gasteiger partial charge < -0.3 is 5.11 Å². The van der Waals surface area contributed by atoms with Gasteiger partial charge in [0.25, 0.3) is 0 Å². The Morgan fingerprint density at radius 3 is 2.11 bits per heavy atom. The van der Waals surface area contributed by atoms with Crippen LogP contribution in [-0.2, 0) is 0 Å². The van der Waals surface area contributed by atoms with Crippen molar-refractivity contribution in [2.45, 2.75) is 19.9 Å². The van der Waals surface area contributed by atoms with Crippen molar-refractivity contribution in [1.82, 2.24) is 0 Å². The minimum atomic E-state index is -0.801. The summed E-state index contributed by atoms with van der Waals surface area (Å²) >= 11 is 0. The van der Waals surface area contributed by atoms with Gasteiger partial charge in [0.1, 0.15) is 6.61 Å². The van der Waals surface area contributed by atoms with Crippen molar-refractivity contribution in [3.63, 3.8) is 0 Å².